The normalized spacial score (nSPS) is 15.3. The molecule has 2 aromatic rings. The fourth-order valence-corrected chi connectivity index (χ4v) is 4.43. The van der Waals surface area contributed by atoms with E-state index >= 15 is 0 Å². The number of benzene rings is 2. The van der Waals surface area contributed by atoms with Gasteiger partial charge in [0.25, 0.3) is 5.91 Å². The highest BCUT2D eigenvalue weighted by Gasteiger charge is 2.35. The van der Waals surface area contributed by atoms with Gasteiger partial charge < -0.3 is 14.2 Å². The largest absolute Gasteiger partial charge is 0.495 e. The van der Waals surface area contributed by atoms with Crippen LogP contribution in [0.15, 0.2) is 45.8 Å². The van der Waals surface area contributed by atoms with Crippen molar-refractivity contribution >= 4 is 61.9 Å². The molecular formula is C20H18BrNO4S2. The Morgan fingerprint density at radius 1 is 1.14 bits per heavy atom. The molecule has 1 amide bonds. The SMILES string of the molecule is CCOc1cc(Br)c(/C=C2/SC(=S)N(c3ccccc3OC)C2=O)cc1OC. The predicted octanol–water partition coefficient (Wildman–Crippen LogP) is 5.27. The molecule has 0 aliphatic carbocycles. The molecule has 1 aliphatic rings. The Kier molecular flexibility index (Phi) is 6.64. The minimum absolute atomic E-state index is 0.195. The zero-order valence-electron chi connectivity index (χ0n) is 15.5. The molecule has 1 aliphatic heterocycles. The first-order valence-electron chi connectivity index (χ1n) is 8.41. The van der Waals surface area contributed by atoms with Gasteiger partial charge in [0.15, 0.2) is 15.8 Å². The number of ether oxygens (including phenoxy) is 3. The van der Waals surface area contributed by atoms with Gasteiger partial charge in [0, 0.05) is 4.47 Å². The molecule has 0 unspecified atom stereocenters. The van der Waals surface area contributed by atoms with Crippen LogP contribution in [0.2, 0.25) is 0 Å². The van der Waals surface area contributed by atoms with Crippen LogP contribution in [0.3, 0.4) is 0 Å². The van der Waals surface area contributed by atoms with E-state index in [0.717, 1.165) is 10.0 Å². The van der Waals surface area contributed by atoms with Gasteiger partial charge in [0.05, 0.1) is 31.4 Å². The van der Waals surface area contributed by atoms with Crippen LogP contribution in [0.4, 0.5) is 5.69 Å². The summed E-state index contributed by atoms with van der Waals surface area (Å²) in [6.07, 6.45) is 1.79. The molecule has 0 spiro atoms. The lowest BCUT2D eigenvalue weighted by Crippen LogP contribution is -2.27. The number of carbonyl (C=O) groups excluding carboxylic acids is 1. The summed E-state index contributed by atoms with van der Waals surface area (Å²) in [5.41, 5.74) is 1.42. The summed E-state index contributed by atoms with van der Waals surface area (Å²) in [5.74, 6) is 1.62. The fraction of sp³-hybridized carbons (Fsp3) is 0.200. The van der Waals surface area contributed by atoms with Gasteiger partial charge in [-0.25, -0.2) is 0 Å². The van der Waals surface area contributed by atoms with Crippen LogP contribution >= 0.6 is 39.9 Å². The molecule has 28 heavy (non-hydrogen) atoms. The number of thiocarbonyl (C=S) groups is 1. The van der Waals surface area contributed by atoms with Crippen molar-refractivity contribution in [2.24, 2.45) is 0 Å². The minimum atomic E-state index is -0.195. The summed E-state index contributed by atoms with van der Waals surface area (Å²) >= 11 is 10.2. The number of anilines is 1. The lowest BCUT2D eigenvalue weighted by molar-refractivity contribution is -0.113. The average molecular weight is 480 g/mol. The number of hydrogen-bond donors (Lipinski definition) is 0. The van der Waals surface area contributed by atoms with Crippen molar-refractivity contribution in [2.45, 2.75) is 6.92 Å². The molecule has 0 saturated carbocycles. The third-order valence-corrected chi connectivity index (χ3v) is 5.98. The Hall–Kier alpha value is -2.03. The average Bonchev–Trinajstić information content (AvgIpc) is 2.97. The number of hydrogen-bond acceptors (Lipinski definition) is 6. The Balaban J connectivity index is 1.98. The molecule has 5 nitrogen and oxygen atoms in total. The zero-order valence-corrected chi connectivity index (χ0v) is 18.7. The number of para-hydroxylation sites is 2. The van der Waals surface area contributed by atoms with Crippen LogP contribution < -0.4 is 19.1 Å². The third kappa shape index (κ3) is 4.04. The molecule has 0 bridgehead atoms. The zero-order chi connectivity index (χ0) is 20.3. The second-order valence-electron chi connectivity index (χ2n) is 5.65. The maximum atomic E-state index is 13.0. The number of thioether (sulfide) groups is 1. The summed E-state index contributed by atoms with van der Waals surface area (Å²) in [7, 11) is 3.15. The molecule has 3 rings (SSSR count). The van der Waals surface area contributed by atoms with E-state index in [1.54, 1.807) is 26.4 Å². The van der Waals surface area contributed by atoms with Gasteiger partial charge in [-0.05, 0) is 42.8 Å². The summed E-state index contributed by atoms with van der Waals surface area (Å²) in [6.45, 7) is 2.43. The number of carbonyl (C=O) groups is 1. The highest BCUT2D eigenvalue weighted by Crippen LogP contribution is 2.41. The highest BCUT2D eigenvalue weighted by atomic mass is 79.9. The van der Waals surface area contributed by atoms with Crippen molar-refractivity contribution in [1.82, 2.24) is 0 Å². The molecule has 1 saturated heterocycles. The first kappa shape index (κ1) is 20.7. The second-order valence-corrected chi connectivity index (χ2v) is 8.18. The Morgan fingerprint density at radius 3 is 2.54 bits per heavy atom. The summed E-state index contributed by atoms with van der Waals surface area (Å²) < 4.78 is 17.6. The van der Waals surface area contributed by atoms with E-state index in [-0.39, 0.29) is 5.91 Å². The fourth-order valence-electron chi connectivity index (χ4n) is 2.72. The summed E-state index contributed by atoms with van der Waals surface area (Å²) in [6, 6.07) is 10.9. The van der Waals surface area contributed by atoms with Crippen molar-refractivity contribution < 1.29 is 19.0 Å². The first-order chi connectivity index (χ1) is 13.5. The topological polar surface area (TPSA) is 48.0 Å². The molecule has 8 heteroatoms. The molecule has 0 radical (unpaired) electrons. The smallest absolute Gasteiger partial charge is 0.270 e. The molecule has 0 aromatic heterocycles. The van der Waals surface area contributed by atoms with Gasteiger partial charge in [-0.3, -0.25) is 9.69 Å². The van der Waals surface area contributed by atoms with Gasteiger partial charge in [0.1, 0.15) is 5.75 Å². The number of amides is 1. The number of methoxy groups -OCH3 is 2. The van der Waals surface area contributed by atoms with Crippen LogP contribution in [0.25, 0.3) is 6.08 Å². The van der Waals surface area contributed by atoms with E-state index in [0.29, 0.717) is 38.8 Å². The number of halogens is 1. The Morgan fingerprint density at radius 2 is 1.86 bits per heavy atom. The highest BCUT2D eigenvalue weighted by molar-refractivity contribution is 9.10. The monoisotopic (exact) mass is 479 g/mol. The Bertz CT molecular complexity index is 961. The predicted molar refractivity (Wildman–Crippen MR) is 121 cm³/mol. The third-order valence-electron chi connectivity index (χ3n) is 3.99. The second kappa shape index (κ2) is 8.98. The van der Waals surface area contributed by atoms with Crippen molar-refractivity contribution in [3.8, 4) is 17.2 Å². The molecule has 1 fully saturated rings. The van der Waals surface area contributed by atoms with Crippen molar-refractivity contribution in [3.63, 3.8) is 0 Å². The summed E-state index contributed by atoms with van der Waals surface area (Å²) in [4.78, 5) is 15.1. The standard InChI is InChI=1S/C20H18BrNO4S2/c1-4-26-17-11-13(21)12(9-16(17)25-3)10-18-19(23)22(20(27)28-18)14-7-5-6-8-15(14)24-2/h5-11H,4H2,1-3H3/b18-10+. The van der Waals surface area contributed by atoms with Gasteiger partial charge >= 0.3 is 0 Å². The molecule has 0 N–H and O–H groups in total. The molecule has 146 valence electrons. The number of nitrogens with zero attached hydrogens (tertiary/aromatic N) is 1. The number of rotatable bonds is 6. The van der Waals surface area contributed by atoms with Crippen molar-refractivity contribution in [3.05, 3.63) is 51.3 Å². The maximum absolute atomic E-state index is 13.0. The molecule has 2 aromatic carbocycles. The van der Waals surface area contributed by atoms with Crippen LogP contribution in [0, 0.1) is 0 Å². The van der Waals surface area contributed by atoms with Crippen LogP contribution in [0.5, 0.6) is 17.2 Å². The molecule has 1 heterocycles. The van der Waals surface area contributed by atoms with Crippen molar-refractivity contribution in [1.29, 1.82) is 0 Å². The van der Waals surface area contributed by atoms with E-state index in [9.17, 15) is 4.79 Å². The van der Waals surface area contributed by atoms with E-state index in [2.05, 4.69) is 15.9 Å². The van der Waals surface area contributed by atoms with E-state index in [4.69, 9.17) is 26.4 Å². The van der Waals surface area contributed by atoms with E-state index in [1.165, 1.54) is 16.7 Å². The van der Waals surface area contributed by atoms with Crippen LogP contribution in [0.1, 0.15) is 12.5 Å². The lowest BCUT2D eigenvalue weighted by Gasteiger charge is -2.17. The first-order valence-corrected chi connectivity index (χ1v) is 10.4. The van der Waals surface area contributed by atoms with Gasteiger partial charge in [-0.1, -0.05) is 52.0 Å². The lowest BCUT2D eigenvalue weighted by atomic mass is 10.1. The quantitative estimate of drug-likeness (QED) is 0.415. The van der Waals surface area contributed by atoms with Crippen molar-refractivity contribution in [2.75, 3.05) is 25.7 Å². The minimum Gasteiger partial charge on any atom is -0.495 e. The van der Waals surface area contributed by atoms with Crippen LogP contribution in [-0.2, 0) is 4.79 Å². The summed E-state index contributed by atoms with van der Waals surface area (Å²) in [5, 5.41) is 0. The maximum Gasteiger partial charge on any atom is 0.270 e. The van der Waals surface area contributed by atoms with Crippen LogP contribution in [-0.4, -0.2) is 31.1 Å². The van der Waals surface area contributed by atoms with E-state index < -0.39 is 0 Å². The molecule has 0 atom stereocenters. The van der Waals surface area contributed by atoms with E-state index in [1.807, 2.05) is 37.3 Å². The van der Waals surface area contributed by atoms with Gasteiger partial charge in [-0.2, -0.15) is 0 Å². The Labute approximate surface area is 181 Å². The molecular weight excluding hydrogens is 462 g/mol. The van der Waals surface area contributed by atoms with Gasteiger partial charge in [-0.15, -0.1) is 0 Å². The van der Waals surface area contributed by atoms with Gasteiger partial charge in [0.2, 0.25) is 0 Å².